The molecule has 0 unspecified atom stereocenters. The fourth-order valence-electron chi connectivity index (χ4n) is 0.889. The Hall–Kier alpha value is -0.610. The summed E-state index contributed by atoms with van der Waals surface area (Å²) in [7, 11) is 0. The Balaban J connectivity index is 2.99. The van der Waals surface area contributed by atoms with E-state index in [4.69, 9.17) is 18.0 Å². The van der Waals surface area contributed by atoms with Gasteiger partial charge < -0.3 is 15.3 Å². The van der Waals surface area contributed by atoms with Crippen LogP contribution in [0, 0.1) is 11.7 Å². The van der Waals surface area contributed by atoms with Crippen molar-refractivity contribution in [3.05, 3.63) is 16.7 Å². The SMILES string of the molecule is Cc1c[nH]c(=S)n1CCN. The van der Waals surface area contributed by atoms with Crippen molar-refractivity contribution in [2.75, 3.05) is 6.54 Å². The molecule has 0 radical (unpaired) electrons. The summed E-state index contributed by atoms with van der Waals surface area (Å²) in [6.45, 7) is 3.43. The third-order valence-corrected chi connectivity index (χ3v) is 1.77. The number of hydrogen-bond acceptors (Lipinski definition) is 2. The predicted molar refractivity (Wildman–Crippen MR) is 43.4 cm³/mol. The van der Waals surface area contributed by atoms with E-state index >= 15 is 0 Å². The zero-order chi connectivity index (χ0) is 7.56. The molecular formula is C6H11N3S. The molecule has 10 heavy (non-hydrogen) atoms. The first-order valence-corrected chi connectivity index (χ1v) is 3.61. The van der Waals surface area contributed by atoms with Gasteiger partial charge in [0.25, 0.3) is 0 Å². The number of nitrogens with zero attached hydrogens (tertiary/aromatic N) is 1. The zero-order valence-electron chi connectivity index (χ0n) is 5.92. The van der Waals surface area contributed by atoms with Gasteiger partial charge in [0.15, 0.2) is 4.77 Å². The van der Waals surface area contributed by atoms with E-state index < -0.39 is 0 Å². The predicted octanol–water partition coefficient (Wildman–Crippen LogP) is 0.813. The second-order valence-corrected chi connectivity index (χ2v) is 2.56. The molecule has 0 aromatic carbocycles. The molecule has 0 amide bonds. The molecule has 4 heteroatoms. The number of aromatic nitrogens is 2. The largest absolute Gasteiger partial charge is 0.337 e. The monoisotopic (exact) mass is 157 g/mol. The van der Waals surface area contributed by atoms with Gasteiger partial charge in [0.1, 0.15) is 0 Å². The van der Waals surface area contributed by atoms with Gasteiger partial charge in [0.2, 0.25) is 0 Å². The van der Waals surface area contributed by atoms with Gasteiger partial charge in [0.05, 0.1) is 0 Å². The van der Waals surface area contributed by atoms with Crippen molar-refractivity contribution in [2.45, 2.75) is 13.5 Å². The average molecular weight is 157 g/mol. The minimum atomic E-state index is 0.632. The molecule has 0 saturated heterocycles. The maximum atomic E-state index is 5.38. The van der Waals surface area contributed by atoms with Crippen LogP contribution >= 0.6 is 12.2 Å². The Morgan fingerprint density at radius 1 is 1.80 bits per heavy atom. The van der Waals surface area contributed by atoms with Crippen molar-refractivity contribution in [1.29, 1.82) is 0 Å². The van der Waals surface area contributed by atoms with Crippen LogP contribution in [0.4, 0.5) is 0 Å². The van der Waals surface area contributed by atoms with Crippen LogP contribution in [0.15, 0.2) is 6.20 Å². The van der Waals surface area contributed by atoms with Gasteiger partial charge in [-0.3, -0.25) is 0 Å². The van der Waals surface area contributed by atoms with Gasteiger partial charge in [-0.05, 0) is 19.1 Å². The molecule has 1 aromatic rings. The van der Waals surface area contributed by atoms with Crippen LogP contribution in [-0.4, -0.2) is 16.1 Å². The van der Waals surface area contributed by atoms with Gasteiger partial charge in [-0.25, -0.2) is 0 Å². The van der Waals surface area contributed by atoms with Gasteiger partial charge in [-0.2, -0.15) is 0 Å². The van der Waals surface area contributed by atoms with Crippen molar-refractivity contribution in [1.82, 2.24) is 9.55 Å². The summed E-state index contributed by atoms with van der Waals surface area (Å²) < 4.78 is 2.73. The van der Waals surface area contributed by atoms with Crippen LogP contribution in [0.5, 0.6) is 0 Å². The fourth-order valence-corrected chi connectivity index (χ4v) is 1.18. The molecule has 0 saturated carbocycles. The lowest BCUT2D eigenvalue weighted by Gasteiger charge is -2.00. The van der Waals surface area contributed by atoms with Crippen LogP contribution < -0.4 is 5.73 Å². The zero-order valence-corrected chi connectivity index (χ0v) is 6.74. The molecule has 1 rings (SSSR count). The smallest absolute Gasteiger partial charge is 0.177 e. The van der Waals surface area contributed by atoms with Crippen molar-refractivity contribution in [2.24, 2.45) is 5.73 Å². The quantitative estimate of drug-likeness (QED) is 0.624. The van der Waals surface area contributed by atoms with E-state index in [2.05, 4.69) is 4.98 Å². The Kier molecular flexibility index (Phi) is 2.24. The minimum absolute atomic E-state index is 0.632. The fraction of sp³-hybridized carbons (Fsp3) is 0.500. The van der Waals surface area contributed by atoms with E-state index in [0.29, 0.717) is 6.54 Å². The first kappa shape index (κ1) is 7.50. The highest BCUT2D eigenvalue weighted by atomic mass is 32.1. The Morgan fingerprint density at radius 3 is 2.90 bits per heavy atom. The first-order chi connectivity index (χ1) is 4.75. The van der Waals surface area contributed by atoms with E-state index in [1.807, 2.05) is 17.7 Å². The molecule has 56 valence electrons. The van der Waals surface area contributed by atoms with Crippen LogP contribution in [-0.2, 0) is 6.54 Å². The highest BCUT2D eigenvalue weighted by molar-refractivity contribution is 7.71. The number of rotatable bonds is 2. The van der Waals surface area contributed by atoms with Crippen molar-refractivity contribution in [3.8, 4) is 0 Å². The van der Waals surface area contributed by atoms with Crippen molar-refractivity contribution < 1.29 is 0 Å². The molecule has 0 spiro atoms. The summed E-state index contributed by atoms with van der Waals surface area (Å²) in [5.41, 5.74) is 6.51. The molecule has 0 atom stereocenters. The standard InChI is InChI=1S/C6H11N3S/c1-5-4-8-6(10)9(5)3-2-7/h4H,2-3,7H2,1H3,(H,8,10). The van der Waals surface area contributed by atoms with Gasteiger partial charge in [-0.15, -0.1) is 0 Å². The minimum Gasteiger partial charge on any atom is -0.337 e. The van der Waals surface area contributed by atoms with Crippen LogP contribution in [0.2, 0.25) is 0 Å². The number of hydrogen-bond donors (Lipinski definition) is 2. The number of nitrogens with two attached hydrogens (primary N) is 1. The van der Waals surface area contributed by atoms with Crippen LogP contribution in [0.3, 0.4) is 0 Å². The Bertz CT molecular complexity index is 260. The number of aryl methyl sites for hydroxylation is 1. The van der Waals surface area contributed by atoms with Crippen molar-refractivity contribution in [3.63, 3.8) is 0 Å². The molecule has 3 N–H and O–H groups in total. The highest BCUT2D eigenvalue weighted by Crippen LogP contribution is 1.97. The number of aromatic amines is 1. The summed E-state index contributed by atoms with van der Waals surface area (Å²) in [5.74, 6) is 0. The van der Waals surface area contributed by atoms with Crippen LogP contribution in [0.1, 0.15) is 5.69 Å². The molecule has 0 aliphatic carbocycles. The van der Waals surface area contributed by atoms with E-state index in [9.17, 15) is 0 Å². The number of nitrogens with one attached hydrogen (secondary N) is 1. The summed E-state index contributed by atoms with van der Waals surface area (Å²) in [4.78, 5) is 2.94. The lowest BCUT2D eigenvalue weighted by Crippen LogP contribution is -2.10. The maximum absolute atomic E-state index is 5.38. The summed E-state index contributed by atoms with van der Waals surface area (Å²) in [5, 5.41) is 0. The summed E-state index contributed by atoms with van der Waals surface area (Å²) in [6, 6.07) is 0. The first-order valence-electron chi connectivity index (χ1n) is 3.20. The molecule has 1 aromatic heterocycles. The third-order valence-electron chi connectivity index (χ3n) is 1.43. The van der Waals surface area contributed by atoms with E-state index in [0.717, 1.165) is 17.0 Å². The highest BCUT2D eigenvalue weighted by Gasteiger charge is 1.94. The maximum Gasteiger partial charge on any atom is 0.177 e. The molecule has 1 heterocycles. The molecule has 0 aliphatic rings. The average Bonchev–Trinajstić information content (AvgIpc) is 2.20. The second kappa shape index (κ2) is 2.98. The van der Waals surface area contributed by atoms with Crippen molar-refractivity contribution >= 4 is 12.2 Å². The number of imidazole rings is 1. The van der Waals surface area contributed by atoms with Gasteiger partial charge in [-0.1, -0.05) is 0 Å². The summed E-state index contributed by atoms with van der Waals surface area (Å²) >= 11 is 4.99. The topological polar surface area (TPSA) is 46.7 Å². The van der Waals surface area contributed by atoms with E-state index in [-0.39, 0.29) is 0 Å². The normalized spacial score (nSPS) is 10.2. The third kappa shape index (κ3) is 1.27. The lowest BCUT2D eigenvalue weighted by molar-refractivity contribution is 0.680. The Labute approximate surface area is 64.9 Å². The second-order valence-electron chi connectivity index (χ2n) is 2.18. The molecular weight excluding hydrogens is 146 g/mol. The summed E-state index contributed by atoms with van der Waals surface area (Å²) in [6.07, 6.45) is 1.89. The van der Waals surface area contributed by atoms with Crippen LogP contribution in [0.25, 0.3) is 0 Å². The molecule has 3 nitrogen and oxygen atoms in total. The van der Waals surface area contributed by atoms with Gasteiger partial charge >= 0.3 is 0 Å². The molecule has 0 bridgehead atoms. The lowest BCUT2D eigenvalue weighted by atomic mass is 10.5. The molecule has 0 aliphatic heterocycles. The van der Waals surface area contributed by atoms with E-state index in [1.165, 1.54) is 0 Å². The Morgan fingerprint density at radius 2 is 2.50 bits per heavy atom. The molecule has 0 fully saturated rings. The van der Waals surface area contributed by atoms with E-state index in [1.54, 1.807) is 0 Å². The van der Waals surface area contributed by atoms with Gasteiger partial charge in [0, 0.05) is 25.0 Å². The number of H-pyrrole nitrogens is 1.